The summed E-state index contributed by atoms with van der Waals surface area (Å²) in [7, 11) is 0. The molecule has 82 valence electrons. The quantitative estimate of drug-likeness (QED) is 0.736. The van der Waals surface area contributed by atoms with E-state index in [4.69, 9.17) is 5.73 Å². The van der Waals surface area contributed by atoms with Crippen LogP contribution in [0.15, 0.2) is 35.1 Å². The maximum absolute atomic E-state index is 11.7. The number of aromatic nitrogens is 2. The van der Waals surface area contributed by atoms with Crippen LogP contribution in [0.2, 0.25) is 0 Å². The molecule has 0 unspecified atom stereocenters. The van der Waals surface area contributed by atoms with Gasteiger partial charge < -0.3 is 10.7 Å². The minimum atomic E-state index is -0.240. The van der Waals surface area contributed by atoms with Gasteiger partial charge >= 0.3 is 0 Å². The fourth-order valence-corrected chi connectivity index (χ4v) is 1.56. The molecule has 0 fully saturated rings. The topological polar surface area (TPSA) is 83.8 Å². The number of halogens is 1. The largest absolute Gasteiger partial charge is 0.398 e. The number of hydrogen-bond acceptors (Lipinski definition) is 3. The molecule has 1 amide bonds. The molecule has 0 saturated carbocycles. The van der Waals surface area contributed by atoms with Crippen molar-refractivity contribution >= 4 is 33.5 Å². The van der Waals surface area contributed by atoms with Crippen LogP contribution in [0.5, 0.6) is 0 Å². The van der Waals surface area contributed by atoms with E-state index < -0.39 is 0 Å². The van der Waals surface area contributed by atoms with Gasteiger partial charge in [0, 0.05) is 28.1 Å². The van der Waals surface area contributed by atoms with Gasteiger partial charge in [-0.05, 0) is 34.1 Å². The zero-order chi connectivity index (χ0) is 11.5. The van der Waals surface area contributed by atoms with Crippen molar-refractivity contribution in [3.63, 3.8) is 0 Å². The van der Waals surface area contributed by atoms with Crippen molar-refractivity contribution in [2.24, 2.45) is 0 Å². The van der Waals surface area contributed by atoms with Crippen molar-refractivity contribution in [1.29, 1.82) is 0 Å². The Balaban J connectivity index is 2.18. The summed E-state index contributed by atoms with van der Waals surface area (Å²) in [4.78, 5) is 18.4. The zero-order valence-corrected chi connectivity index (χ0v) is 9.78. The molecule has 16 heavy (non-hydrogen) atoms. The van der Waals surface area contributed by atoms with E-state index in [1.165, 1.54) is 0 Å². The Morgan fingerprint density at radius 3 is 2.94 bits per heavy atom. The van der Waals surface area contributed by atoms with E-state index in [0.717, 1.165) is 0 Å². The van der Waals surface area contributed by atoms with Gasteiger partial charge in [0.2, 0.25) is 5.95 Å². The Labute approximate surface area is 100 Å². The normalized spacial score (nSPS) is 10.1. The highest BCUT2D eigenvalue weighted by Crippen LogP contribution is 2.20. The van der Waals surface area contributed by atoms with E-state index >= 15 is 0 Å². The molecule has 2 aromatic rings. The molecule has 0 radical (unpaired) electrons. The number of H-pyrrole nitrogens is 1. The second-order valence-electron chi connectivity index (χ2n) is 3.13. The summed E-state index contributed by atoms with van der Waals surface area (Å²) < 4.78 is 0.694. The number of nitrogens with zero attached hydrogens (tertiary/aromatic N) is 1. The summed E-state index contributed by atoms with van der Waals surface area (Å²) in [5.41, 5.74) is 6.73. The molecule has 6 heteroatoms. The number of amides is 1. The smallest absolute Gasteiger partial charge is 0.258 e. The fraction of sp³-hybridized carbons (Fsp3) is 0. The Kier molecular flexibility index (Phi) is 2.91. The highest BCUT2D eigenvalue weighted by Gasteiger charge is 2.08. The van der Waals surface area contributed by atoms with Crippen LogP contribution in [0.4, 0.5) is 11.6 Å². The van der Waals surface area contributed by atoms with E-state index in [2.05, 4.69) is 31.2 Å². The van der Waals surface area contributed by atoms with Gasteiger partial charge in [0.1, 0.15) is 0 Å². The first-order valence-electron chi connectivity index (χ1n) is 4.52. The minimum Gasteiger partial charge on any atom is -0.398 e. The van der Waals surface area contributed by atoms with Gasteiger partial charge in [-0.25, -0.2) is 4.98 Å². The van der Waals surface area contributed by atoms with Crippen molar-refractivity contribution in [3.8, 4) is 0 Å². The number of benzene rings is 1. The Morgan fingerprint density at radius 1 is 1.50 bits per heavy atom. The number of aromatic amines is 1. The third-order valence-corrected chi connectivity index (χ3v) is 2.68. The molecule has 5 nitrogen and oxygen atoms in total. The summed E-state index contributed by atoms with van der Waals surface area (Å²) in [5, 5.41) is 2.62. The molecule has 0 aliphatic rings. The summed E-state index contributed by atoms with van der Waals surface area (Å²) in [5.74, 6) is 0.175. The lowest BCUT2D eigenvalue weighted by atomic mass is 10.2. The highest BCUT2D eigenvalue weighted by atomic mass is 79.9. The predicted molar refractivity (Wildman–Crippen MR) is 65.1 cm³/mol. The van der Waals surface area contributed by atoms with Crippen molar-refractivity contribution in [2.75, 3.05) is 11.1 Å². The summed E-state index contributed by atoms with van der Waals surface area (Å²) >= 11 is 3.26. The number of carbonyl (C=O) groups is 1. The number of hydrogen-bond donors (Lipinski definition) is 3. The van der Waals surface area contributed by atoms with Crippen molar-refractivity contribution in [3.05, 3.63) is 40.6 Å². The van der Waals surface area contributed by atoms with Crippen LogP contribution in [0.25, 0.3) is 0 Å². The molecule has 0 atom stereocenters. The average molecular weight is 281 g/mol. The second kappa shape index (κ2) is 4.36. The molecule has 0 aliphatic carbocycles. The molecule has 0 spiro atoms. The van der Waals surface area contributed by atoms with Gasteiger partial charge in [-0.15, -0.1) is 0 Å². The van der Waals surface area contributed by atoms with Crippen LogP contribution in [-0.4, -0.2) is 15.9 Å². The second-order valence-corrected chi connectivity index (χ2v) is 3.98. The molecule has 2 rings (SSSR count). The molecule has 0 bridgehead atoms. The average Bonchev–Trinajstić information content (AvgIpc) is 2.74. The minimum absolute atomic E-state index is 0.240. The molecule has 0 saturated heterocycles. The first-order valence-corrected chi connectivity index (χ1v) is 5.32. The molecule has 1 aromatic carbocycles. The number of nitrogen functional groups attached to an aromatic ring is 1. The SMILES string of the molecule is Nc1ccc(C(=O)Nc2ncc[nH]2)cc1Br. The van der Waals surface area contributed by atoms with E-state index in [1.807, 2.05) is 0 Å². The van der Waals surface area contributed by atoms with Crippen LogP contribution < -0.4 is 11.1 Å². The number of rotatable bonds is 2. The molecule has 1 aromatic heterocycles. The maximum Gasteiger partial charge on any atom is 0.258 e. The molecule has 0 aliphatic heterocycles. The van der Waals surface area contributed by atoms with Crippen molar-refractivity contribution in [2.45, 2.75) is 0 Å². The predicted octanol–water partition coefficient (Wildman–Crippen LogP) is 2.01. The lowest BCUT2D eigenvalue weighted by Gasteiger charge is -2.03. The van der Waals surface area contributed by atoms with Crippen LogP contribution in [0.1, 0.15) is 10.4 Å². The lowest BCUT2D eigenvalue weighted by Crippen LogP contribution is -2.13. The number of nitrogens with two attached hydrogens (primary N) is 1. The van der Waals surface area contributed by atoms with Crippen LogP contribution in [0.3, 0.4) is 0 Å². The Bertz CT molecular complexity index is 510. The van der Waals surface area contributed by atoms with E-state index in [0.29, 0.717) is 21.7 Å². The van der Waals surface area contributed by atoms with E-state index in [1.54, 1.807) is 30.6 Å². The fourth-order valence-electron chi connectivity index (χ4n) is 1.18. The van der Waals surface area contributed by atoms with Crippen molar-refractivity contribution < 1.29 is 4.79 Å². The number of nitrogens with one attached hydrogen (secondary N) is 2. The van der Waals surface area contributed by atoms with Crippen LogP contribution in [-0.2, 0) is 0 Å². The van der Waals surface area contributed by atoms with Crippen LogP contribution >= 0.6 is 15.9 Å². The molecule has 1 heterocycles. The van der Waals surface area contributed by atoms with Crippen molar-refractivity contribution in [1.82, 2.24) is 9.97 Å². The van der Waals surface area contributed by atoms with E-state index in [-0.39, 0.29) is 5.91 Å². The number of anilines is 2. The zero-order valence-electron chi connectivity index (χ0n) is 8.20. The number of carbonyl (C=O) groups excluding carboxylic acids is 1. The lowest BCUT2D eigenvalue weighted by molar-refractivity contribution is 0.102. The standard InChI is InChI=1S/C10H9BrN4O/c11-7-5-6(1-2-8(7)12)9(16)15-10-13-3-4-14-10/h1-5H,12H2,(H2,13,14,15,16). The Hall–Kier alpha value is -1.82. The van der Waals surface area contributed by atoms with Gasteiger partial charge in [-0.3, -0.25) is 10.1 Å². The maximum atomic E-state index is 11.7. The number of imidazole rings is 1. The van der Waals surface area contributed by atoms with Gasteiger partial charge in [0.25, 0.3) is 5.91 Å². The summed E-state index contributed by atoms with van der Waals surface area (Å²) in [6.07, 6.45) is 3.20. The third kappa shape index (κ3) is 2.22. The van der Waals surface area contributed by atoms with E-state index in [9.17, 15) is 4.79 Å². The van der Waals surface area contributed by atoms with Gasteiger partial charge in [0.15, 0.2) is 0 Å². The third-order valence-electron chi connectivity index (χ3n) is 1.99. The highest BCUT2D eigenvalue weighted by molar-refractivity contribution is 9.10. The van der Waals surface area contributed by atoms with Gasteiger partial charge in [0.05, 0.1) is 0 Å². The molecular weight excluding hydrogens is 272 g/mol. The first-order chi connectivity index (χ1) is 7.66. The summed E-state index contributed by atoms with van der Waals surface area (Å²) in [6.45, 7) is 0. The summed E-state index contributed by atoms with van der Waals surface area (Å²) in [6, 6.07) is 4.98. The molecule has 4 N–H and O–H groups in total. The molecular formula is C10H9BrN4O. The first kappa shape index (κ1) is 10.7. The Morgan fingerprint density at radius 2 is 2.31 bits per heavy atom. The van der Waals surface area contributed by atoms with Crippen LogP contribution in [0, 0.1) is 0 Å². The van der Waals surface area contributed by atoms with Gasteiger partial charge in [-0.1, -0.05) is 0 Å². The van der Waals surface area contributed by atoms with Gasteiger partial charge in [-0.2, -0.15) is 0 Å². The monoisotopic (exact) mass is 280 g/mol.